The molecule has 24 heavy (non-hydrogen) atoms. The Balaban J connectivity index is 1.58. The summed E-state index contributed by atoms with van der Waals surface area (Å²) >= 11 is 3.47. The molecule has 1 aliphatic rings. The predicted molar refractivity (Wildman–Crippen MR) is 95.6 cm³/mol. The van der Waals surface area contributed by atoms with Gasteiger partial charge in [-0.05, 0) is 43.0 Å². The van der Waals surface area contributed by atoms with Crippen molar-refractivity contribution >= 4 is 38.7 Å². The van der Waals surface area contributed by atoms with E-state index in [1.165, 1.54) is 7.11 Å². The molecule has 2 heterocycles. The summed E-state index contributed by atoms with van der Waals surface area (Å²) in [6, 6.07) is 8.08. The molecule has 0 spiro atoms. The molecule has 0 aliphatic carbocycles. The normalized spacial score (nSPS) is 15.7. The first-order valence-electron chi connectivity index (χ1n) is 8.16. The number of amides is 1. The number of hydrogen-bond donors (Lipinski definition) is 0. The van der Waals surface area contributed by atoms with Gasteiger partial charge in [0.25, 0.3) is 0 Å². The second kappa shape index (κ2) is 7.38. The van der Waals surface area contributed by atoms with Crippen molar-refractivity contribution in [2.45, 2.75) is 25.8 Å². The predicted octanol–water partition coefficient (Wildman–Crippen LogP) is 3.21. The van der Waals surface area contributed by atoms with Crippen LogP contribution in [0.3, 0.4) is 0 Å². The minimum Gasteiger partial charge on any atom is -0.469 e. The number of likely N-dealkylation sites (tertiary alicyclic amines) is 1. The Labute approximate surface area is 149 Å². The highest BCUT2D eigenvalue weighted by Crippen LogP contribution is 2.23. The summed E-state index contributed by atoms with van der Waals surface area (Å²) in [6.45, 7) is 1.78. The van der Waals surface area contributed by atoms with E-state index in [4.69, 9.17) is 4.74 Å². The van der Waals surface area contributed by atoms with Gasteiger partial charge >= 0.3 is 5.97 Å². The van der Waals surface area contributed by atoms with Crippen molar-refractivity contribution in [3.8, 4) is 0 Å². The Morgan fingerprint density at radius 1 is 1.25 bits per heavy atom. The molecule has 3 rings (SSSR count). The number of aromatic nitrogens is 1. The Hall–Kier alpha value is -1.82. The SMILES string of the molecule is COC(=O)CC1CCN(C(=O)Cn2ccc3cc(Br)ccc32)CC1. The number of benzene rings is 1. The number of nitrogens with zero attached hydrogens (tertiary/aromatic N) is 2. The van der Waals surface area contributed by atoms with Gasteiger partial charge in [0, 0.05) is 41.1 Å². The summed E-state index contributed by atoms with van der Waals surface area (Å²) in [6.07, 6.45) is 4.13. The summed E-state index contributed by atoms with van der Waals surface area (Å²) < 4.78 is 7.75. The molecule has 0 N–H and O–H groups in total. The number of halogens is 1. The third-order valence-corrected chi connectivity index (χ3v) is 5.18. The number of carbonyl (C=O) groups is 2. The van der Waals surface area contributed by atoms with Crippen LogP contribution in [0.2, 0.25) is 0 Å². The van der Waals surface area contributed by atoms with E-state index < -0.39 is 0 Å². The van der Waals surface area contributed by atoms with Crippen LogP contribution in [0.25, 0.3) is 10.9 Å². The molecule has 1 aromatic heterocycles. The average molecular weight is 393 g/mol. The zero-order valence-corrected chi connectivity index (χ0v) is 15.3. The first-order chi connectivity index (χ1) is 11.6. The minimum atomic E-state index is -0.162. The van der Waals surface area contributed by atoms with E-state index in [-0.39, 0.29) is 11.9 Å². The maximum absolute atomic E-state index is 12.6. The third-order valence-electron chi connectivity index (χ3n) is 4.69. The molecule has 6 heteroatoms. The van der Waals surface area contributed by atoms with Crippen LogP contribution in [-0.4, -0.2) is 41.5 Å². The average Bonchev–Trinajstić information content (AvgIpc) is 2.97. The van der Waals surface area contributed by atoms with Gasteiger partial charge in [-0.2, -0.15) is 0 Å². The molecule has 5 nitrogen and oxygen atoms in total. The van der Waals surface area contributed by atoms with Crippen LogP contribution in [0.1, 0.15) is 19.3 Å². The summed E-state index contributed by atoms with van der Waals surface area (Å²) in [7, 11) is 1.42. The summed E-state index contributed by atoms with van der Waals surface area (Å²) in [5.74, 6) is 0.294. The molecule has 1 saturated heterocycles. The third kappa shape index (κ3) is 3.80. The fourth-order valence-electron chi connectivity index (χ4n) is 3.26. The zero-order valence-electron chi connectivity index (χ0n) is 13.7. The Morgan fingerprint density at radius 3 is 2.71 bits per heavy atom. The van der Waals surface area contributed by atoms with Gasteiger partial charge in [-0.3, -0.25) is 9.59 Å². The first-order valence-corrected chi connectivity index (χ1v) is 8.95. The molecule has 0 unspecified atom stereocenters. The Morgan fingerprint density at radius 2 is 2.00 bits per heavy atom. The molecule has 1 fully saturated rings. The smallest absolute Gasteiger partial charge is 0.305 e. The molecule has 1 amide bonds. The summed E-state index contributed by atoms with van der Waals surface area (Å²) in [5.41, 5.74) is 1.06. The molecule has 1 aromatic carbocycles. The van der Waals surface area contributed by atoms with E-state index in [9.17, 15) is 9.59 Å². The fraction of sp³-hybridized carbons (Fsp3) is 0.444. The number of esters is 1. The van der Waals surface area contributed by atoms with E-state index in [0.717, 1.165) is 28.2 Å². The molecular formula is C18H21BrN2O3. The molecular weight excluding hydrogens is 372 g/mol. The van der Waals surface area contributed by atoms with Crippen molar-refractivity contribution in [2.24, 2.45) is 5.92 Å². The second-order valence-electron chi connectivity index (χ2n) is 6.25. The Kier molecular flexibility index (Phi) is 5.23. The van der Waals surface area contributed by atoms with Crippen molar-refractivity contribution in [2.75, 3.05) is 20.2 Å². The number of piperidine rings is 1. The number of rotatable bonds is 4. The van der Waals surface area contributed by atoms with Crippen LogP contribution >= 0.6 is 15.9 Å². The van der Waals surface area contributed by atoms with Gasteiger partial charge in [0.05, 0.1) is 7.11 Å². The van der Waals surface area contributed by atoms with Crippen molar-refractivity contribution in [1.29, 1.82) is 0 Å². The van der Waals surface area contributed by atoms with Crippen molar-refractivity contribution < 1.29 is 14.3 Å². The fourth-order valence-corrected chi connectivity index (χ4v) is 3.64. The number of carbonyl (C=O) groups excluding carboxylic acids is 2. The summed E-state index contributed by atoms with van der Waals surface area (Å²) in [5, 5.41) is 1.12. The number of methoxy groups -OCH3 is 1. The van der Waals surface area contributed by atoms with Crippen molar-refractivity contribution in [3.63, 3.8) is 0 Å². The lowest BCUT2D eigenvalue weighted by molar-refractivity contribution is -0.142. The standard InChI is InChI=1S/C18H21BrN2O3/c1-24-18(23)10-13-4-7-20(8-5-13)17(22)12-21-9-6-14-11-15(19)2-3-16(14)21/h2-3,6,9,11,13H,4-5,7-8,10,12H2,1H3. The lowest BCUT2D eigenvalue weighted by atomic mass is 9.93. The molecule has 1 aliphatic heterocycles. The van der Waals surface area contributed by atoms with Crippen LogP contribution in [0.5, 0.6) is 0 Å². The van der Waals surface area contributed by atoms with Crippen LogP contribution < -0.4 is 0 Å². The molecule has 128 valence electrons. The van der Waals surface area contributed by atoms with Crippen LogP contribution in [0.4, 0.5) is 0 Å². The summed E-state index contributed by atoms with van der Waals surface area (Å²) in [4.78, 5) is 25.8. The van der Waals surface area contributed by atoms with Gasteiger partial charge in [0.1, 0.15) is 6.54 Å². The van der Waals surface area contributed by atoms with E-state index >= 15 is 0 Å². The number of fused-ring (bicyclic) bond motifs is 1. The molecule has 0 atom stereocenters. The molecule has 2 aromatic rings. The lowest BCUT2D eigenvalue weighted by Crippen LogP contribution is -2.40. The van der Waals surface area contributed by atoms with E-state index in [1.54, 1.807) is 0 Å². The quantitative estimate of drug-likeness (QED) is 0.750. The van der Waals surface area contributed by atoms with Gasteiger partial charge in [0.15, 0.2) is 0 Å². The van der Waals surface area contributed by atoms with Crippen molar-refractivity contribution in [1.82, 2.24) is 9.47 Å². The maximum atomic E-state index is 12.6. The monoisotopic (exact) mass is 392 g/mol. The largest absolute Gasteiger partial charge is 0.469 e. The van der Waals surface area contributed by atoms with Crippen LogP contribution in [0, 0.1) is 5.92 Å². The van der Waals surface area contributed by atoms with Gasteiger partial charge in [-0.15, -0.1) is 0 Å². The lowest BCUT2D eigenvalue weighted by Gasteiger charge is -2.31. The van der Waals surface area contributed by atoms with Gasteiger partial charge in [-0.25, -0.2) is 0 Å². The van der Waals surface area contributed by atoms with E-state index in [2.05, 4.69) is 22.0 Å². The maximum Gasteiger partial charge on any atom is 0.305 e. The Bertz CT molecular complexity index is 748. The highest BCUT2D eigenvalue weighted by atomic mass is 79.9. The van der Waals surface area contributed by atoms with Crippen LogP contribution in [-0.2, 0) is 20.9 Å². The topological polar surface area (TPSA) is 51.5 Å². The van der Waals surface area contributed by atoms with Crippen molar-refractivity contribution in [3.05, 3.63) is 34.9 Å². The zero-order chi connectivity index (χ0) is 17.1. The van der Waals surface area contributed by atoms with Gasteiger partial charge in [-0.1, -0.05) is 15.9 Å². The number of ether oxygens (including phenoxy) is 1. The van der Waals surface area contributed by atoms with Gasteiger partial charge in [0.2, 0.25) is 5.91 Å². The minimum absolute atomic E-state index is 0.131. The molecule has 0 saturated carbocycles. The first kappa shape index (κ1) is 17.0. The second-order valence-corrected chi connectivity index (χ2v) is 7.17. The van der Waals surface area contributed by atoms with E-state index in [0.29, 0.717) is 32.0 Å². The molecule has 0 radical (unpaired) electrons. The van der Waals surface area contributed by atoms with Gasteiger partial charge < -0.3 is 14.2 Å². The highest BCUT2D eigenvalue weighted by molar-refractivity contribution is 9.10. The highest BCUT2D eigenvalue weighted by Gasteiger charge is 2.24. The molecule has 0 bridgehead atoms. The van der Waals surface area contributed by atoms with Crippen LogP contribution in [0.15, 0.2) is 34.9 Å². The van der Waals surface area contributed by atoms with E-state index in [1.807, 2.05) is 33.9 Å². The number of hydrogen-bond acceptors (Lipinski definition) is 3.